The summed E-state index contributed by atoms with van der Waals surface area (Å²) < 4.78 is 62.3. The van der Waals surface area contributed by atoms with Gasteiger partial charge in [-0.2, -0.15) is 13.2 Å². The second-order valence-corrected chi connectivity index (χ2v) is 9.47. The van der Waals surface area contributed by atoms with Crippen LogP contribution < -0.4 is 10.2 Å². The number of fused-ring (bicyclic) bond motifs is 1. The highest BCUT2D eigenvalue weighted by atomic mass is 35.5. The van der Waals surface area contributed by atoms with E-state index in [1.807, 2.05) is 0 Å². The van der Waals surface area contributed by atoms with Crippen molar-refractivity contribution in [2.75, 3.05) is 25.2 Å². The topological polar surface area (TPSA) is 98.1 Å². The number of aromatic nitrogens is 5. The molecule has 40 heavy (non-hydrogen) atoms. The molecule has 1 N–H and O–H groups in total. The van der Waals surface area contributed by atoms with Crippen LogP contribution in [-0.2, 0) is 31.1 Å². The van der Waals surface area contributed by atoms with Gasteiger partial charge < -0.3 is 14.6 Å². The Morgan fingerprint density at radius 2 is 1.93 bits per heavy atom. The molecule has 0 spiro atoms. The molecule has 0 atom stereocenters. The molecule has 0 saturated carbocycles. The predicted octanol–water partition coefficient (Wildman–Crippen LogP) is 4.65. The molecule has 1 aliphatic heterocycles. The lowest BCUT2D eigenvalue weighted by Crippen LogP contribution is -2.24. The lowest BCUT2D eigenvalue weighted by molar-refractivity contribution is -0.141. The molecule has 0 saturated heterocycles. The molecule has 4 aromatic rings. The van der Waals surface area contributed by atoms with E-state index in [2.05, 4.69) is 25.5 Å². The predicted molar refractivity (Wildman–Crippen MR) is 138 cm³/mol. The number of nitrogens with zero attached hydrogens (tertiary/aromatic N) is 6. The first kappa shape index (κ1) is 27.6. The highest BCUT2D eigenvalue weighted by Gasteiger charge is 2.35. The minimum atomic E-state index is -4.72. The molecule has 4 heterocycles. The largest absolute Gasteiger partial charge is 0.433 e. The third kappa shape index (κ3) is 5.40. The Balaban J connectivity index is 1.54. The van der Waals surface area contributed by atoms with E-state index in [9.17, 15) is 18.0 Å². The van der Waals surface area contributed by atoms with Crippen LogP contribution in [0, 0.1) is 5.82 Å². The number of anilines is 1. The number of carbonyl (C=O) groups is 1. The van der Waals surface area contributed by atoms with Crippen molar-refractivity contribution >= 4 is 23.3 Å². The molecule has 1 amide bonds. The van der Waals surface area contributed by atoms with E-state index >= 15 is 4.39 Å². The van der Waals surface area contributed by atoms with Crippen LogP contribution in [0.25, 0.3) is 22.5 Å². The number of carbonyl (C=O) groups excluding carboxylic acids is 1. The molecule has 0 unspecified atom stereocenters. The van der Waals surface area contributed by atoms with Crippen molar-refractivity contribution in [3.05, 3.63) is 76.2 Å². The molecule has 1 aliphatic rings. The fraction of sp³-hybridized carbons (Fsp3) is 0.269. The Bertz CT molecular complexity index is 1590. The van der Waals surface area contributed by atoms with E-state index in [-0.39, 0.29) is 51.2 Å². The molecule has 5 rings (SSSR count). The number of rotatable bonds is 8. The Morgan fingerprint density at radius 1 is 1.12 bits per heavy atom. The molecule has 0 fully saturated rings. The molecule has 0 aliphatic carbocycles. The fourth-order valence-corrected chi connectivity index (χ4v) is 4.65. The fourth-order valence-electron chi connectivity index (χ4n) is 4.44. The zero-order valence-electron chi connectivity index (χ0n) is 21.3. The number of alkyl halides is 3. The highest BCUT2D eigenvalue weighted by Crippen LogP contribution is 2.39. The Kier molecular flexibility index (Phi) is 7.53. The van der Waals surface area contributed by atoms with Gasteiger partial charge in [-0.3, -0.25) is 14.7 Å². The smallest absolute Gasteiger partial charge is 0.383 e. The van der Waals surface area contributed by atoms with Gasteiger partial charge in [0, 0.05) is 50.1 Å². The zero-order chi connectivity index (χ0) is 28.6. The van der Waals surface area contributed by atoms with E-state index in [1.165, 1.54) is 34.0 Å². The van der Waals surface area contributed by atoms with Crippen LogP contribution in [0.4, 0.5) is 23.4 Å². The summed E-state index contributed by atoms with van der Waals surface area (Å²) in [6.07, 6.45) is -2.25. The van der Waals surface area contributed by atoms with Gasteiger partial charge >= 0.3 is 6.18 Å². The first-order chi connectivity index (χ1) is 19.1. The van der Waals surface area contributed by atoms with Crippen LogP contribution in [0.3, 0.4) is 0 Å². The van der Waals surface area contributed by atoms with Crippen molar-refractivity contribution in [1.82, 2.24) is 30.0 Å². The summed E-state index contributed by atoms with van der Waals surface area (Å²) in [5.74, 6) is -0.735. The molecule has 9 nitrogen and oxygen atoms in total. The van der Waals surface area contributed by atoms with Crippen molar-refractivity contribution in [1.29, 1.82) is 0 Å². The van der Waals surface area contributed by atoms with Crippen molar-refractivity contribution in [3.63, 3.8) is 0 Å². The molecule has 3 aromatic heterocycles. The van der Waals surface area contributed by atoms with Crippen LogP contribution in [0.1, 0.15) is 27.2 Å². The van der Waals surface area contributed by atoms with Gasteiger partial charge in [0.05, 0.1) is 13.2 Å². The number of nitrogens with one attached hydrogen (secondary N) is 1. The van der Waals surface area contributed by atoms with E-state index < -0.39 is 23.6 Å². The van der Waals surface area contributed by atoms with E-state index in [1.54, 1.807) is 20.2 Å². The lowest BCUT2D eigenvalue weighted by Gasteiger charge is -2.18. The highest BCUT2D eigenvalue weighted by molar-refractivity contribution is 6.30. The number of pyridine rings is 2. The number of halogens is 5. The molecule has 208 valence electrons. The summed E-state index contributed by atoms with van der Waals surface area (Å²) in [6.45, 7) is 1.23. The molecule has 1 aromatic carbocycles. The molecular formula is C26H22ClF4N7O2. The minimum Gasteiger partial charge on any atom is -0.383 e. The first-order valence-corrected chi connectivity index (χ1v) is 12.4. The minimum absolute atomic E-state index is 0.0529. The monoisotopic (exact) mass is 575 g/mol. The maximum Gasteiger partial charge on any atom is 0.433 e. The summed E-state index contributed by atoms with van der Waals surface area (Å²) >= 11 is 6.30. The molecule has 0 radical (unpaired) electrons. The van der Waals surface area contributed by atoms with Gasteiger partial charge in [-0.15, -0.1) is 10.2 Å². The third-order valence-corrected chi connectivity index (χ3v) is 6.57. The zero-order valence-corrected chi connectivity index (χ0v) is 22.0. The van der Waals surface area contributed by atoms with Gasteiger partial charge in [0.15, 0.2) is 5.82 Å². The molecule has 0 bridgehead atoms. The lowest BCUT2D eigenvalue weighted by atomic mass is 10.0. The van der Waals surface area contributed by atoms with Gasteiger partial charge in [0.2, 0.25) is 0 Å². The van der Waals surface area contributed by atoms with E-state index in [4.69, 9.17) is 16.3 Å². The number of aryl methyl sites for hydroxylation is 1. The van der Waals surface area contributed by atoms with E-state index in [0.29, 0.717) is 25.3 Å². The standard InChI is InChI=1S/C26H22ClF4N7O2/c1-37-13-34-36-24(37)18-11-33-21(26(29,30)31)9-16(18)15-7-22(27)35-23(8-15)38-12-19-17(25(38)39)5-14(6-20(19)28)10-32-3-4-40-2/h5-9,11,13,32H,3-4,10,12H2,1-2H3. The van der Waals surface area contributed by atoms with Crippen LogP contribution in [0.15, 0.2) is 42.9 Å². The van der Waals surface area contributed by atoms with Gasteiger partial charge in [-0.25, -0.2) is 9.37 Å². The molecular weight excluding hydrogens is 554 g/mol. The quantitative estimate of drug-likeness (QED) is 0.186. The van der Waals surface area contributed by atoms with Crippen molar-refractivity contribution in [2.24, 2.45) is 7.05 Å². The van der Waals surface area contributed by atoms with Crippen molar-refractivity contribution in [2.45, 2.75) is 19.3 Å². The number of amides is 1. The summed E-state index contributed by atoms with van der Waals surface area (Å²) in [5.41, 5.74) is 0.408. The van der Waals surface area contributed by atoms with Crippen LogP contribution in [0.2, 0.25) is 5.15 Å². The van der Waals surface area contributed by atoms with E-state index in [0.717, 1.165) is 12.3 Å². The summed E-state index contributed by atoms with van der Waals surface area (Å²) in [4.78, 5) is 22.4. The van der Waals surface area contributed by atoms with Crippen LogP contribution in [0.5, 0.6) is 0 Å². The van der Waals surface area contributed by atoms with Gasteiger partial charge in [0.1, 0.15) is 28.8 Å². The number of ether oxygens (including phenoxy) is 1. The van der Waals surface area contributed by atoms with Gasteiger partial charge in [-0.1, -0.05) is 11.6 Å². The number of hydrogen-bond acceptors (Lipinski definition) is 7. The average Bonchev–Trinajstić information content (AvgIpc) is 3.48. The first-order valence-electron chi connectivity index (χ1n) is 12.0. The average molecular weight is 576 g/mol. The van der Waals surface area contributed by atoms with Crippen molar-refractivity contribution < 1.29 is 27.1 Å². The number of hydrogen-bond donors (Lipinski definition) is 1. The number of methoxy groups -OCH3 is 1. The second-order valence-electron chi connectivity index (χ2n) is 9.08. The van der Waals surface area contributed by atoms with Crippen molar-refractivity contribution in [3.8, 4) is 22.5 Å². The Labute approximate surface area is 230 Å². The van der Waals surface area contributed by atoms with Crippen LogP contribution >= 0.6 is 11.6 Å². The Morgan fingerprint density at radius 3 is 2.62 bits per heavy atom. The number of benzene rings is 1. The molecule has 14 heteroatoms. The SMILES string of the molecule is COCCNCc1cc(F)c2c(c1)C(=O)N(c1cc(-c3cc(C(F)(F)F)ncc3-c3nncn3C)cc(Cl)n1)C2. The summed E-state index contributed by atoms with van der Waals surface area (Å²) in [6, 6.07) is 6.64. The van der Waals surface area contributed by atoms with Crippen LogP contribution in [-0.4, -0.2) is 50.9 Å². The summed E-state index contributed by atoms with van der Waals surface area (Å²) in [7, 11) is 3.21. The van der Waals surface area contributed by atoms with Gasteiger partial charge in [0.25, 0.3) is 5.91 Å². The third-order valence-electron chi connectivity index (χ3n) is 6.37. The van der Waals surface area contributed by atoms with Gasteiger partial charge in [-0.05, 0) is 47.0 Å². The Hall–Kier alpha value is -3.94. The maximum absolute atomic E-state index is 15.0. The normalized spacial score (nSPS) is 13.3. The summed E-state index contributed by atoms with van der Waals surface area (Å²) in [5, 5.41) is 10.8. The second kappa shape index (κ2) is 10.9. The maximum atomic E-state index is 15.0.